The molecule has 2 rings (SSSR count). The number of carbonyl (C=O) groups is 2. The van der Waals surface area contributed by atoms with Crippen molar-refractivity contribution in [2.45, 2.75) is 73.1 Å². The van der Waals surface area contributed by atoms with Crippen LogP contribution in [0.15, 0.2) is 16.9 Å². The first-order valence-corrected chi connectivity index (χ1v) is 11.5. The zero-order valence-corrected chi connectivity index (χ0v) is 20.5. The SMILES string of the molecule is CCCCc1c(C(=O)Nc2c(CC)cc(C(=O)OC)cc2CC)c(=O)c(CC)c(C)n1C. The number of aromatic nitrogens is 1. The molecule has 0 aliphatic heterocycles. The van der Waals surface area contributed by atoms with Crippen molar-refractivity contribution in [3.63, 3.8) is 0 Å². The number of anilines is 1. The molecular weight excluding hydrogens is 404 g/mol. The Balaban J connectivity index is 2.66. The normalized spacial score (nSPS) is 10.8. The molecule has 0 aliphatic carbocycles. The van der Waals surface area contributed by atoms with Crippen LogP contribution in [0.4, 0.5) is 5.69 Å². The standard InChI is InChI=1S/C26H36N2O4/c1-8-12-13-21-22(24(29)20(11-4)16(5)28(21)6)25(30)27-23-17(9-2)14-19(26(31)32-7)15-18(23)10-3/h14-15H,8-13H2,1-7H3,(H,27,30). The smallest absolute Gasteiger partial charge is 0.337 e. The number of hydrogen-bond acceptors (Lipinski definition) is 4. The third kappa shape index (κ3) is 4.95. The van der Waals surface area contributed by atoms with Gasteiger partial charge >= 0.3 is 5.97 Å². The Bertz CT molecular complexity index is 1040. The molecule has 2 aromatic rings. The lowest BCUT2D eigenvalue weighted by Crippen LogP contribution is -2.31. The molecule has 0 saturated carbocycles. The second-order valence-corrected chi connectivity index (χ2v) is 8.05. The van der Waals surface area contributed by atoms with Crippen LogP contribution in [0.1, 0.15) is 89.3 Å². The molecule has 0 bridgehead atoms. The molecule has 1 amide bonds. The highest BCUT2D eigenvalue weighted by molar-refractivity contribution is 6.06. The molecule has 1 N–H and O–H groups in total. The van der Waals surface area contributed by atoms with Crippen LogP contribution in [0.5, 0.6) is 0 Å². The van der Waals surface area contributed by atoms with Gasteiger partial charge in [0.1, 0.15) is 5.56 Å². The van der Waals surface area contributed by atoms with Gasteiger partial charge in [0, 0.05) is 29.7 Å². The van der Waals surface area contributed by atoms with Crippen molar-refractivity contribution in [2.24, 2.45) is 7.05 Å². The number of esters is 1. The van der Waals surface area contributed by atoms with Crippen molar-refractivity contribution >= 4 is 17.6 Å². The first-order valence-electron chi connectivity index (χ1n) is 11.5. The zero-order valence-electron chi connectivity index (χ0n) is 20.5. The van der Waals surface area contributed by atoms with E-state index in [1.54, 1.807) is 12.1 Å². The fourth-order valence-corrected chi connectivity index (χ4v) is 4.20. The minimum Gasteiger partial charge on any atom is -0.465 e. The van der Waals surface area contributed by atoms with Crippen molar-refractivity contribution in [1.82, 2.24) is 4.57 Å². The highest BCUT2D eigenvalue weighted by Crippen LogP contribution is 2.27. The zero-order chi connectivity index (χ0) is 24.0. The molecule has 1 aromatic carbocycles. The summed E-state index contributed by atoms with van der Waals surface area (Å²) in [7, 11) is 3.28. The number of methoxy groups -OCH3 is 1. The lowest BCUT2D eigenvalue weighted by molar-refractivity contribution is 0.0600. The molecular formula is C26H36N2O4. The van der Waals surface area contributed by atoms with Crippen molar-refractivity contribution in [3.05, 3.63) is 61.6 Å². The minimum atomic E-state index is -0.408. The highest BCUT2D eigenvalue weighted by Gasteiger charge is 2.24. The van der Waals surface area contributed by atoms with Gasteiger partial charge in [-0.3, -0.25) is 9.59 Å². The Labute approximate surface area is 191 Å². The van der Waals surface area contributed by atoms with E-state index in [4.69, 9.17) is 4.74 Å². The van der Waals surface area contributed by atoms with E-state index in [0.717, 1.165) is 35.4 Å². The van der Waals surface area contributed by atoms with E-state index in [1.165, 1.54) is 7.11 Å². The quantitative estimate of drug-likeness (QED) is 0.570. The van der Waals surface area contributed by atoms with E-state index in [2.05, 4.69) is 12.2 Å². The maximum absolute atomic E-state index is 13.5. The summed E-state index contributed by atoms with van der Waals surface area (Å²) in [4.78, 5) is 39.0. The number of aryl methyl sites for hydroxylation is 2. The maximum Gasteiger partial charge on any atom is 0.337 e. The molecule has 1 heterocycles. The molecule has 6 heteroatoms. The molecule has 0 unspecified atom stereocenters. The van der Waals surface area contributed by atoms with Gasteiger partial charge in [-0.05, 0) is 62.3 Å². The van der Waals surface area contributed by atoms with Crippen molar-refractivity contribution < 1.29 is 14.3 Å². The number of carbonyl (C=O) groups excluding carboxylic acids is 2. The predicted molar refractivity (Wildman–Crippen MR) is 129 cm³/mol. The van der Waals surface area contributed by atoms with Crippen LogP contribution in [0, 0.1) is 6.92 Å². The third-order valence-corrected chi connectivity index (χ3v) is 6.21. The summed E-state index contributed by atoms with van der Waals surface area (Å²) in [5, 5.41) is 3.03. The average molecular weight is 441 g/mol. The molecule has 6 nitrogen and oxygen atoms in total. The van der Waals surface area contributed by atoms with Crippen LogP contribution in [0.25, 0.3) is 0 Å². The fourth-order valence-electron chi connectivity index (χ4n) is 4.20. The van der Waals surface area contributed by atoms with Gasteiger partial charge in [-0.1, -0.05) is 34.1 Å². The number of nitrogens with zero attached hydrogens (tertiary/aromatic N) is 1. The van der Waals surface area contributed by atoms with Gasteiger partial charge in [-0.15, -0.1) is 0 Å². The summed E-state index contributed by atoms with van der Waals surface area (Å²) < 4.78 is 6.87. The van der Waals surface area contributed by atoms with E-state index in [-0.39, 0.29) is 16.9 Å². The summed E-state index contributed by atoms with van der Waals surface area (Å²) in [6, 6.07) is 3.51. The van der Waals surface area contributed by atoms with Crippen LogP contribution in [0.3, 0.4) is 0 Å². The summed E-state index contributed by atoms with van der Waals surface area (Å²) in [6.07, 6.45) is 4.36. The van der Waals surface area contributed by atoms with Crippen LogP contribution >= 0.6 is 0 Å². The third-order valence-electron chi connectivity index (χ3n) is 6.21. The van der Waals surface area contributed by atoms with Gasteiger partial charge < -0.3 is 14.6 Å². The second-order valence-electron chi connectivity index (χ2n) is 8.05. The molecule has 1 aromatic heterocycles. The van der Waals surface area contributed by atoms with E-state index in [0.29, 0.717) is 42.5 Å². The van der Waals surface area contributed by atoms with Gasteiger partial charge in [-0.25, -0.2) is 4.79 Å². The number of ether oxygens (including phenoxy) is 1. The number of nitrogens with one attached hydrogen (secondary N) is 1. The molecule has 0 aliphatic rings. The van der Waals surface area contributed by atoms with E-state index in [1.807, 2.05) is 39.3 Å². The Morgan fingerprint density at radius 2 is 1.62 bits per heavy atom. The summed E-state index contributed by atoms with van der Waals surface area (Å²) in [5.74, 6) is -0.796. The lowest BCUT2D eigenvalue weighted by atomic mass is 9.97. The van der Waals surface area contributed by atoms with Gasteiger partial charge in [0.2, 0.25) is 0 Å². The van der Waals surface area contributed by atoms with Crippen LogP contribution in [-0.2, 0) is 37.5 Å². The molecule has 174 valence electrons. The highest BCUT2D eigenvalue weighted by atomic mass is 16.5. The topological polar surface area (TPSA) is 77.4 Å². The van der Waals surface area contributed by atoms with Crippen molar-refractivity contribution in [2.75, 3.05) is 12.4 Å². The second kappa shape index (κ2) is 11.1. The number of unbranched alkanes of at least 4 members (excludes halogenated alkanes) is 1. The monoisotopic (exact) mass is 440 g/mol. The number of benzene rings is 1. The molecule has 0 radical (unpaired) electrons. The van der Waals surface area contributed by atoms with Gasteiger partial charge in [0.25, 0.3) is 5.91 Å². The van der Waals surface area contributed by atoms with E-state index in [9.17, 15) is 14.4 Å². The molecule has 32 heavy (non-hydrogen) atoms. The van der Waals surface area contributed by atoms with Crippen LogP contribution < -0.4 is 10.7 Å². The van der Waals surface area contributed by atoms with Crippen LogP contribution in [-0.4, -0.2) is 23.6 Å². The molecule has 0 atom stereocenters. The van der Waals surface area contributed by atoms with Gasteiger partial charge in [0.15, 0.2) is 5.43 Å². The summed E-state index contributed by atoms with van der Waals surface area (Å²) in [5.41, 5.74) is 5.21. The summed E-state index contributed by atoms with van der Waals surface area (Å²) in [6.45, 7) is 9.91. The van der Waals surface area contributed by atoms with E-state index < -0.39 is 5.97 Å². The fraction of sp³-hybridized carbons (Fsp3) is 0.500. The number of rotatable bonds is 9. The van der Waals surface area contributed by atoms with Gasteiger partial charge in [0.05, 0.1) is 12.7 Å². The van der Waals surface area contributed by atoms with Gasteiger partial charge in [-0.2, -0.15) is 0 Å². The maximum atomic E-state index is 13.5. The lowest BCUT2D eigenvalue weighted by Gasteiger charge is -2.21. The minimum absolute atomic E-state index is 0.186. The average Bonchev–Trinajstić information content (AvgIpc) is 2.79. The predicted octanol–water partition coefficient (Wildman–Crippen LogP) is 4.76. The largest absolute Gasteiger partial charge is 0.465 e. The van der Waals surface area contributed by atoms with Crippen molar-refractivity contribution in [3.8, 4) is 0 Å². The first-order chi connectivity index (χ1) is 15.2. The van der Waals surface area contributed by atoms with E-state index >= 15 is 0 Å². The summed E-state index contributed by atoms with van der Waals surface area (Å²) >= 11 is 0. The Morgan fingerprint density at radius 3 is 2.09 bits per heavy atom. The Morgan fingerprint density at radius 1 is 1.03 bits per heavy atom. The van der Waals surface area contributed by atoms with Crippen molar-refractivity contribution in [1.29, 1.82) is 0 Å². The van der Waals surface area contributed by atoms with Crippen LogP contribution in [0.2, 0.25) is 0 Å². The number of hydrogen-bond donors (Lipinski definition) is 1. The first kappa shape index (κ1) is 25.4. The molecule has 0 fully saturated rings. The Kier molecular flexibility index (Phi) is 8.81. The molecule has 0 saturated heterocycles. The molecule has 0 spiro atoms. The Hall–Kier alpha value is -2.89. The number of pyridine rings is 1. The number of amides is 1.